The summed E-state index contributed by atoms with van der Waals surface area (Å²) in [4.78, 5) is 28.5. The van der Waals surface area contributed by atoms with E-state index in [1.165, 1.54) is 12.0 Å². The number of hydrogen-bond donors (Lipinski definition) is 1. The van der Waals surface area contributed by atoms with Gasteiger partial charge in [0.1, 0.15) is 24.1 Å². The van der Waals surface area contributed by atoms with E-state index in [9.17, 15) is 18.0 Å². The summed E-state index contributed by atoms with van der Waals surface area (Å²) < 4.78 is 37.4. The lowest BCUT2D eigenvalue weighted by Crippen LogP contribution is -2.53. The van der Waals surface area contributed by atoms with E-state index in [1.807, 2.05) is 19.1 Å². The fourth-order valence-electron chi connectivity index (χ4n) is 4.67. The van der Waals surface area contributed by atoms with Crippen molar-refractivity contribution in [2.75, 3.05) is 31.3 Å². The zero-order chi connectivity index (χ0) is 27.9. The van der Waals surface area contributed by atoms with E-state index in [4.69, 9.17) is 9.47 Å². The van der Waals surface area contributed by atoms with Crippen LogP contribution in [0.25, 0.3) is 0 Å². The maximum absolute atomic E-state index is 13.8. The number of amides is 2. The molecule has 38 heavy (non-hydrogen) atoms. The molecule has 2 aromatic carbocycles. The van der Waals surface area contributed by atoms with E-state index in [1.54, 1.807) is 44.4 Å². The smallest absolute Gasteiger partial charge is 0.244 e. The summed E-state index contributed by atoms with van der Waals surface area (Å²) in [6.07, 6.45) is 6.17. The van der Waals surface area contributed by atoms with E-state index in [0.717, 1.165) is 53.8 Å². The molecule has 10 heteroatoms. The van der Waals surface area contributed by atoms with Gasteiger partial charge in [-0.05, 0) is 62.1 Å². The van der Waals surface area contributed by atoms with Crippen LogP contribution in [-0.4, -0.2) is 64.2 Å². The molecule has 1 N–H and O–H groups in total. The lowest BCUT2D eigenvalue weighted by atomic mass is 9.95. The average Bonchev–Trinajstić information content (AvgIpc) is 2.90. The fourth-order valence-corrected chi connectivity index (χ4v) is 5.51. The fraction of sp³-hybridized carbons (Fsp3) is 0.500. The first-order chi connectivity index (χ1) is 18.0. The Balaban J connectivity index is 1.92. The van der Waals surface area contributed by atoms with Crippen LogP contribution in [0.15, 0.2) is 42.5 Å². The molecule has 0 radical (unpaired) electrons. The highest BCUT2D eigenvalue weighted by Crippen LogP contribution is 2.31. The number of carbonyl (C=O) groups is 2. The zero-order valence-electron chi connectivity index (χ0n) is 22.9. The Morgan fingerprint density at radius 2 is 1.68 bits per heavy atom. The number of aryl methyl sites for hydroxylation is 1. The number of nitrogens with one attached hydrogen (secondary N) is 1. The highest BCUT2D eigenvalue weighted by Gasteiger charge is 2.32. The molecule has 2 amide bonds. The molecule has 0 saturated heterocycles. The molecule has 9 nitrogen and oxygen atoms in total. The summed E-state index contributed by atoms with van der Waals surface area (Å²) in [6, 6.07) is 11.6. The Bertz CT molecular complexity index is 1210. The first kappa shape index (κ1) is 29.3. The molecule has 0 bridgehead atoms. The molecule has 1 aliphatic carbocycles. The quantitative estimate of drug-likeness (QED) is 0.462. The first-order valence-electron chi connectivity index (χ1n) is 12.9. The highest BCUT2D eigenvalue weighted by molar-refractivity contribution is 7.92. The number of hydrogen-bond acceptors (Lipinski definition) is 6. The Hall–Kier alpha value is -3.27. The SMILES string of the molecule is COc1ccc(CN(C(=O)CN(c2cc(C)ccc2OC)S(C)(=O)=O)[C@H](C)C(=O)NC2CCCCC2)cc1. The molecule has 1 atom stereocenters. The van der Waals surface area contributed by atoms with Crippen molar-refractivity contribution in [3.05, 3.63) is 53.6 Å². The summed E-state index contributed by atoms with van der Waals surface area (Å²) in [5.74, 6) is 0.252. The number of benzene rings is 2. The maximum atomic E-state index is 13.8. The van der Waals surface area contributed by atoms with Crippen molar-refractivity contribution >= 4 is 27.5 Å². The van der Waals surface area contributed by atoms with Crippen LogP contribution >= 0.6 is 0 Å². The molecule has 0 spiro atoms. The molecule has 0 aromatic heterocycles. The number of nitrogens with zero attached hydrogens (tertiary/aromatic N) is 2. The summed E-state index contributed by atoms with van der Waals surface area (Å²) in [5.41, 5.74) is 1.87. The summed E-state index contributed by atoms with van der Waals surface area (Å²) >= 11 is 0. The van der Waals surface area contributed by atoms with Crippen LogP contribution in [0.5, 0.6) is 11.5 Å². The van der Waals surface area contributed by atoms with Gasteiger partial charge in [0.15, 0.2) is 0 Å². The summed E-state index contributed by atoms with van der Waals surface area (Å²) in [6.45, 7) is 3.16. The van der Waals surface area contributed by atoms with Gasteiger partial charge in [0, 0.05) is 12.6 Å². The monoisotopic (exact) mass is 545 g/mol. The van der Waals surface area contributed by atoms with Gasteiger partial charge in [0.2, 0.25) is 21.8 Å². The van der Waals surface area contributed by atoms with Crippen molar-refractivity contribution in [2.24, 2.45) is 0 Å². The third-order valence-corrected chi connectivity index (χ3v) is 8.04. The number of ether oxygens (including phenoxy) is 2. The molecule has 2 aromatic rings. The van der Waals surface area contributed by atoms with Crippen LogP contribution in [-0.2, 0) is 26.2 Å². The van der Waals surface area contributed by atoms with Gasteiger partial charge in [-0.25, -0.2) is 8.42 Å². The van der Waals surface area contributed by atoms with E-state index in [-0.39, 0.29) is 24.2 Å². The van der Waals surface area contributed by atoms with Gasteiger partial charge in [-0.1, -0.05) is 37.5 Å². The minimum absolute atomic E-state index is 0.0840. The van der Waals surface area contributed by atoms with Gasteiger partial charge in [-0.15, -0.1) is 0 Å². The van der Waals surface area contributed by atoms with Crippen molar-refractivity contribution < 1.29 is 27.5 Å². The molecule has 0 heterocycles. The topological polar surface area (TPSA) is 105 Å². The van der Waals surface area contributed by atoms with Crippen LogP contribution in [0, 0.1) is 6.92 Å². The Morgan fingerprint density at radius 1 is 1.03 bits per heavy atom. The van der Waals surface area contributed by atoms with Gasteiger partial charge < -0.3 is 19.7 Å². The first-order valence-corrected chi connectivity index (χ1v) is 14.7. The Kier molecular flexibility index (Phi) is 10.0. The zero-order valence-corrected chi connectivity index (χ0v) is 23.7. The standard InChI is InChI=1S/C28H39N3O6S/c1-20-11-16-26(37-4)25(17-20)31(38(5,34)35)19-27(32)30(18-22-12-14-24(36-3)15-13-22)21(2)28(33)29-23-9-7-6-8-10-23/h11-17,21,23H,6-10,18-19H2,1-5H3,(H,29,33)/t21-/m1/s1. The highest BCUT2D eigenvalue weighted by atomic mass is 32.2. The normalized spacial score (nSPS) is 14.9. The van der Waals surface area contributed by atoms with Gasteiger partial charge >= 0.3 is 0 Å². The van der Waals surface area contributed by atoms with Crippen LogP contribution in [0.1, 0.15) is 50.2 Å². The number of sulfonamides is 1. The van der Waals surface area contributed by atoms with Gasteiger partial charge in [0.05, 0.1) is 26.2 Å². The van der Waals surface area contributed by atoms with Crippen LogP contribution in [0.2, 0.25) is 0 Å². The minimum Gasteiger partial charge on any atom is -0.497 e. The van der Waals surface area contributed by atoms with Crippen molar-refractivity contribution in [2.45, 2.75) is 64.6 Å². The molecular weight excluding hydrogens is 506 g/mol. The van der Waals surface area contributed by atoms with Crippen LogP contribution < -0.4 is 19.1 Å². The second-order valence-electron chi connectivity index (χ2n) is 9.83. The van der Waals surface area contributed by atoms with Crippen molar-refractivity contribution in [3.63, 3.8) is 0 Å². The molecule has 1 aliphatic rings. The average molecular weight is 546 g/mol. The van der Waals surface area contributed by atoms with Gasteiger partial charge in [-0.2, -0.15) is 0 Å². The Labute approximate surface area is 226 Å². The van der Waals surface area contributed by atoms with E-state index in [2.05, 4.69) is 5.32 Å². The van der Waals surface area contributed by atoms with Gasteiger partial charge in [-0.3, -0.25) is 13.9 Å². The maximum Gasteiger partial charge on any atom is 0.244 e. The molecule has 0 aliphatic heterocycles. The largest absolute Gasteiger partial charge is 0.497 e. The van der Waals surface area contributed by atoms with E-state index >= 15 is 0 Å². The second-order valence-corrected chi connectivity index (χ2v) is 11.7. The predicted octanol–water partition coefficient (Wildman–Crippen LogP) is 3.64. The van der Waals surface area contributed by atoms with Crippen LogP contribution in [0.4, 0.5) is 5.69 Å². The summed E-state index contributed by atoms with van der Waals surface area (Å²) in [5, 5.41) is 3.09. The molecule has 1 saturated carbocycles. The minimum atomic E-state index is -3.86. The molecular formula is C28H39N3O6S. The number of rotatable bonds is 11. The second kappa shape index (κ2) is 13.0. The van der Waals surface area contributed by atoms with Crippen LogP contribution in [0.3, 0.4) is 0 Å². The van der Waals surface area contributed by atoms with Crippen molar-refractivity contribution in [3.8, 4) is 11.5 Å². The molecule has 208 valence electrons. The Morgan fingerprint density at radius 3 is 2.26 bits per heavy atom. The van der Waals surface area contributed by atoms with E-state index in [0.29, 0.717) is 11.5 Å². The van der Waals surface area contributed by atoms with Crippen molar-refractivity contribution in [1.29, 1.82) is 0 Å². The third kappa shape index (κ3) is 7.63. The van der Waals surface area contributed by atoms with Gasteiger partial charge in [0.25, 0.3) is 0 Å². The number of methoxy groups -OCH3 is 2. The predicted molar refractivity (Wildman–Crippen MR) is 148 cm³/mol. The lowest BCUT2D eigenvalue weighted by Gasteiger charge is -2.33. The number of carbonyl (C=O) groups excluding carboxylic acids is 2. The number of anilines is 1. The molecule has 1 fully saturated rings. The van der Waals surface area contributed by atoms with E-state index < -0.39 is 28.5 Å². The molecule has 3 rings (SSSR count). The summed E-state index contributed by atoms with van der Waals surface area (Å²) in [7, 11) is -0.838. The molecule has 0 unspecified atom stereocenters. The lowest BCUT2D eigenvalue weighted by molar-refractivity contribution is -0.139. The third-order valence-electron chi connectivity index (χ3n) is 6.91. The van der Waals surface area contributed by atoms with Crippen molar-refractivity contribution in [1.82, 2.24) is 10.2 Å².